The van der Waals surface area contributed by atoms with Crippen LogP contribution in [0.4, 0.5) is 0 Å². The first-order valence-corrected chi connectivity index (χ1v) is 14.1. The third-order valence-electron chi connectivity index (χ3n) is 7.70. The molecule has 184 valence electrons. The molecule has 1 saturated carbocycles. The Balaban J connectivity index is 1.30. The Bertz CT molecular complexity index is 1210. The minimum absolute atomic E-state index is 0.112. The minimum Gasteiger partial charge on any atom is -0.394 e. The molecule has 3 fully saturated rings. The van der Waals surface area contributed by atoms with E-state index in [0.29, 0.717) is 5.56 Å². The Kier molecular flexibility index (Phi) is 6.97. The SMILES string of the molecule is O=C1CN(S(=O)(=O)Cc2ccccc2)C[C@H]2[C@@H](c3ccc(C#CCC4CCCC4)cc3)[C@H](CO)N12. The molecule has 2 saturated heterocycles. The molecule has 0 unspecified atom stereocenters. The molecular formula is C28H32N2O4S. The second-order valence-electron chi connectivity index (χ2n) is 9.96. The zero-order valence-corrected chi connectivity index (χ0v) is 20.7. The summed E-state index contributed by atoms with van der Waals surface area (Å²) in [6, 6.07) is 16.4. The van der Waals surface area contributed by atoms with Crippen molar-refractivity contribution < 1.29 is 18.3 Å². The van der Waals surface area contributed by atoms with Crippen LogP contribution in [0.3, 0.4) is 0 Å². The molecule has 7 heteroatoms. The van der Waals surface area contributed by atoms with E-state index in [-0.39, 0.29) is 49.4 Å². The molecule has 3 atom stereocenters. The van der Waals surface area contributed by atoms with Gasteiger partial charge >= 0.3 is 0 Å². The number of hydrogen-bond donors (Lipinski definition) is 1. The number of sulfonamides is 1. The minimum atomic E-state index is -3.64. The molecule has 0 bridgehead atoms. The van der Waals surface area contributed by atoms with Crippen molar-refractivity contribution in [2.75, 3.05) is 19.7 Å². The van der Waals surface area contributed by atoms with Crippen molar-refractivity contribution in [1.29, 1.82) is 0 Å². The molecule has 0 aromatic heterocycles. The number of amides is 1. The maximum atomic E-state index is 13.1. The molecule has 2 heterocycles. The van der Waals surface area contributed by atoms with E-state index >= 15 is 0 Å². The summed E-state index contributed by atoms with van der Waals surface area (Å²) in [5.41, 5.74) is 2.66. The Labute approximate surface area is 208 Å². The predicted octanol–water partition coefficient (Wildman–Crippen LogP) is 3.12. The second-order valence-corrected chi connectivity index (χ2v) is 11.9. The summed E-state index contributed by atoms with van der Waals surface area (Å²) < 4.78 is 27.5. The highest BCUT2D eigenvalue weighted by atomic mass is 32.2. The molecule has 2 aliphatic heterocycles. The fraction of sp³-hybridized carbons (Fsp3) is 0.464. The number of nitrogens with zero attached hydrogens (tertiary/aromatic N) is 2. The van der Waals surface area contributed by atoms with E-state index in [9.17, 15) is 18.3 Å². The molecule has 0 radical (unpaired) electrons. The van der Waals surface area contributed by atoms with Crippen LogP contribution in [0.1, 0.15) is 54.7 Å². The van der Waals surface area contributed by atoms with Gasteiger partial charge in [0.1, 0.15) is 0 Å². The van der Waals surface area contributed by atoms with Crippen molar-refractivity contribution in [2.24, 2.45) is 5.92 Å². The standard InChI is InChI=1S/C28H32N2O4S/c31-19-26-28(24-15-13-22(14-16-24)12-6-11-21-7-4-5-8-21)25-17-29(18-27(32)30(25)26)35(33,34)20-23-9-2-1-3-10-23/h1-3,9-10,13-16,21,25-26,28,31H,4-5,7-8,11,17-20H2/t25-,26-,28+/m0/s1. The fourth-order valence-electron chi connectivity index (χ4n) is 5.86. The van der Waals surface area contributed by atoms with E-state index < -0.39 is 10.0 Å². The van der Waals surface area contributed by atoms with E-state index in [0.717, 1.165) is 23.5 Å². The average molecular weight is 493 g/mol. The van der Waals surface area contributed by atoms with Gasteiger partial charge in [-0.3, -0.25) is 4.79 Å². The number of rotatable bonds is 6. The van der Waals surface area contributed by atoms with Crippen LogP contribution in [-0.2, 0) is 20.6 Å². The number of benzene rings is 2. The predicted molar refractivity (Wildman–Crippen MR) is 135 cm³/mol. The zero-order valence-electron chi connectivity index (χ0n) is 19.8. The number of hydrogen-bond acceptors (Lipinski definition) is 4. The quantitative estimate of drug-likeness (QED) is 0.629. The van der Waals surface area contributed by atoms with Gasteiger partial charge in [0.25, 0.3) is 0 Å². The Hall–Kier alpha value is -2.66. The highest BCUT2D eigenvalue weighted by Crippen LogP contribution is 2.43. The number of carbonyl (C=O) groups excluding carboxylic acids is 1. The first-order valence-electron chi connectivity index (χ1n) is 12.5. The molecule has 2 aromatic carbocycles. The molecule has 3 aliphatic rings. The molecule has 1 N–H and O–H groups in total. The van der Waals surface area contributed by atoms with Crippen molar-refractivity contribution >= 4 is 15.9 Å². The van der Waals surface area contributed by atoms with E-state index in [1.165, 1.54) is 30.0 Å². The normalized spacial score (nSPS) is 25.0. The van der Waals surface area contributed by atoms with Crippen LogP contribution < -0.4 is 0 Å². The summed E-state index contributed by atoms with van der Waals surface area (Å²) in [6.07, 6.45) is 6.16. The molecular weight excluding hydrogens is 460 g/mol. The summed E-state index contributed by atoms with van der Waals surface area (Å²) in [5.74, 6) is 6.82. The van der Waals surface area contributed by atoms with E-state index in [1.54, 1.807) is 17.0 Å². The maximum absolute atomic E-state index is 13.1. The Morgan fingerprint density at radius 2 is 1.71 bits per heavy atom. The summed E-state index contributed by atoms with van der Waals surface area (Å²) in [7, 11) is -3.64. The third kappa shape index (κ3) is 5.02. The molecule has 6 nitrogen and oxygen atoms in total. The van der Waals surface area contributed by atoms with E-state index in [4.69, 9.17) is 0 Å². The number of piperazine rings is 1. The van der Waals surface area contributed by atoms with Gasteiger partial charge in [-0.25, -0.2) is 8.42 Å². The van der Waals surface area contributed by atoms with Gasteiger partial charge < -0.3 is 10.0 Å². The summed E-state index contributed by atoms with van der Waals surface area (Å²) in [5, 5.41) is 10.0. The monoisotopic (exact) mass is 492 g/mol. The van der Waals surface area contributed by atoms with Crippen LogP contribution in [-0.4, -0.2) is 60.4 Å². The van der Waals surface area contributed by atoms with Crippen LogP contribution in [0.5, 0.6) is 0 Å². The van der Waals surface area contributed by atoms with Crippen molar-refractivity contribution in [3.63, 3.8) is 0 Å². The van der Waals surface area contributed by atoms with Crippen molar-refractivity contribution in [2.45, 2.75) is 55.9 Å². The van der Waals surface area contributed by atoms with Gasteiger partial charge in [0, 0.05) is 24.4 Å². The number of fused-ring (bicyclic) bond motifs is 1. The topological polar surface area (TPSA) is 77.9 Å². The smallest absolute Gasteiger partial charge is 0.238 e. The number of aliphatic hydroxyl groups is 1. The largest absolute Gasteiger partial charge is 0.394 e. The van der Waals surface area contributed by atoms with Crippen LogP contribution in [0.2, 0.25) is 0 Å². The lowest BCUT2D eigenvalue weighted by Gasteiger charge is -2.58. The van der Waals surface area contributed by atoms with E-state index in [1.807, 2.05) is 42.5 Å². The third-order valence-corrected chi connectivity index (χ3v) is 9.46. The molecule has 1 amide bonds. The van der Waals surface area contributed by atoms with E-state index in [2.05, 4.69) is 11.8 Å². The zero-order chi connectivity index (χ0) is 24.4. The lowest BCUT2D eigenvalue weighted by molar-refractivity contribution is -0.158. The highest BCUT2D eigenvalue weighted by Gasteiger charge is 2.55. The molecule has 1 aliphatic carbocycles. The van der Waals surface area contributed by atoms with Crippen molar-refractivity contribution in [1.82, 2.24) is 9.21 Å². The Morgan fingerprint density at radius 3 is 2.40 bits per heavy atom. The average Bonchev–Trinajstić information content (AvgIpc) is 3.35. The lowest BCUT2D eigenvalue weighted by atomic mass is 9.74. The van der Waals surface area contributed by atoms with Crippen molar-refractivity contribution in [3.05, 3.63) is 71.3 Å². The van der Waals surface area contributed by atoms with Gasteiger partial charge in [-0.2, -0.15) is 4.31 Å². The van der Waals surface area contributed by atoms with Gasteiger partial charge in [-0.1, -0.05) is 67.1 Å². The molecule has 0 spiro atoms. The van der Waals surface area contributed by atoms with Crippen LogP contribution >= 0.6 is 0 Å². The second kappa shape index (κ2) is 10.1. The van der Waals surface area contributed by atoms with Gasteiger partial charge in [0.05, 0.1) is 31.0 Å². The summed E-state index contributed by atoms with van der Waals surface area (Å²) >= 11 is 0. The molecule has 5 rings (SSSR count). The summed E-state index contributed by atoms with van der Waals surface area (Å²) in [4.78, 5) is 14.6. The van der Waals surface area contributed by atoms with Gasteiger partial charge in [0.15, 0.2) is 0 Å². The number of aliphatic hydroxyl groups excluding tert-OH is 1. The summed E-state index contributed by atoms with van der Waals surface area (Å²) in [6.45, 7) is -0.0813. The number of carbonyl (C=O) groups is 1. The highest BCUT2D eigenvalue weighted by molar-refractivity contribution is 7.88. The maximum Gasteiger partial charge on any atom is 0.238 e. The van der Waals surface area contributed by atoms with Crippen LogP contribution in [0.25, 0.3) is 0 Å². The first-order chi connectivity index (χ1) is 17.0. The lowest BCUT2D eigenvalue weighted by Crippen LogP contribution is -2.73. The van der Waals surface area contributed by atoms with Gasteiger partial charge in [0.2, 0.25) is 15.9 Å². The van der Waals surface area contributed by atoms with Crippen LogP contribution in [0.15, 0.2) is 54.6 Å². The van der Waals surface area contributed by atoms with Gasteiger partial charge in [-0.05, 0) is 42.0 Å². The fourth-order valence-corrected chi connectivity index (χ4v) is 7.34. The Morgan fingerprint density at radius 1 is 1.00 bits per heavy atom. The molecule has 2 aromatic rings. The van der Waals surface area contributed by atoms with Crippen molar-refractivity contribution in [3.8, 4) is 11.8 Å². The first kappa shape index (κ1) is 24.1. The van der Waals surface area contributed by atoms with Gasteiger partial charge in [-0.15, -0.1) is 0 Å². The molecule has 35 heavy (non-hydrogen) atoms. The van der Waals surface area contributed by atoms with Crippen LogP contribution in [0, 0.1) is 17.8 Å².